The fourth-order valence-electron chi connectivity index (χ4n) is 3.21. The van der Waals surface area contributed by atoms with Crippen LogP contribution in [0.3, 0.4) is 0 Å². The summed E-state index contributed by atoms with van der Waals surface area (Å²) in [4.78, 5) is 37.9. The fraction of sp³-hybridized carbons (Fsp3) is 0.286. The van der Waals surface area contributed by atoms with E-state index in [1.54, 1.807) is 53.4 Å². The van der Waals surface area contributed by atoms with Gasteiger partial charge in [-0.1, -0.05) is 18.2 Å². The summed E-state index contributed by atoms with van der Waals surface area (Å²) in [5.41, 5.74) is 2.11. The van der Waals surface area contributed by atoms with E-state index in [0.29, 0.717) is 29.8 Å². The third-order valence-electron chi connectivity index (χ3n) is 4.71. The third kappa shape index (κ3) is 6.29. The summed E-state index contributed by atoms with van der Waals surface area (Å²) in [6.07, 6.45) is 2.41. The highest BCUT2D eigenvalue weighted by Gasteiger charge is 2.21. The molecule has 0 unspecified atom stereocenters. The molecule has 1 aliphatic heterocycles. The molecular formula is C21H24N4O5S. The molecule has 9 nitrogen and oxygen atoms in total. The Hall–Kier alpha value is -3.40. The van der Waals surface area contributed by atoms with Crippen LogP contribution >= 0.6 is 0 Å². The molecule has 0 saturated carbocycles. The normalized spacial score (nSPS) is 13.7. The van der Waals surface area contributed by atoms with Gasteiger partial charge in [0.25, 0.3) is 5.91 Å². The third-order valence-corrected chi connectivity index (χ3v) is 5.30. The van der Waals surface area contributed by atoms with Gasteiger partial charge in [0.15, 0.2) is 0 Å². The van der Waals surface area contributed by atoms with Gasteiger partial charge >= 0.3 is 0 Å². The molecule has 0 spiro atoms. The minimum Gasteiger partial charge on any atom is -0.350 e. The highest BCUT2D eigenvalue weighted by atomic mass is 32.2. The Labute approximate surface area is 180 Å². The highest BCUT2D eigenvalue weighted by molar-refractivity contribution is 7.92. The number of amides is 3. The zero-order valence-corrected chi connectivity index (χ0v) is 17.9. The van der Waals surface area contributed by atoms with E-state index >= 15 is 0 Å². The van der Waals surface area contributed by atoms with Crippen molar-refractivity contribution in [2.45, 2.75) is 19.4 Å². The monoisotopic (exact) mass is 444 g/mol. The Morgan fingerprint density at radius 1 is 1.03 bits per heavy atom. The van der Waals surface area contributed by atoms with Gasteiger partial charge in [-0.05, 0) is 42.3 Å². The van der Waals surface area contributed by atoms with Gasteiger partial charge < -0.3 is 15.5 Å². The van der Waals surface area contributed by atoms with Crippen LogP contribution in [0.25, 0.3) is 0 Å². The lowest BCUT2D eigenvalue weighted by molar-refractivity contribution is -0.120. The Morgan fingerprint density at radius 3 is 2.39 bits per heavy atom. The first kappa shape index (κ1) is 22.3. The van der Waals surface area contributed by atoms with E-state index in [1.807, 2.05) is 0 Å². The van der Waals surface area contributed by atoms with Gasteiger partial charge in [-0.25, -0.2) is 8.42 Å². The van der Waals surface area contributed by atoms with Gasteiger partial charge in [-0.15, -0.1) is 0 Å². The van der Waals surface area contributed by atoms with Crippen molar-refractivity contribution in [1.29, 1.82) is 0 Å². The number of para-hydroxylation sites is 1. The Balaban J connectivity index is 1.50. The summed E-state index contributed by atoms with van der Waals surface area (Å²) < 4.78 is 25.3. The van der Waals surface area contributed by atoms with Gasteiger partial charge in [-0.2, -0.15) is 0 Å². The van der Waals surface area contributed by atoms with Crippen LogP contribution in [0.4, 0.5) is 11.4 Å². The van der Waals surface area contributed by atoms with Crippen LogP contribution < -0.4 is 20.3 Å². The standard InChI is InChI=1S/C21H24N4O5S/c1-31(29,30)24-18-6-3-2-5-16(18)13-22-19(26)14-23-21(28)15-8-10-17(11-9-15)25-12-4-7-20(25)27/h2-3,5-6,8-11,24H,4,7,12-14H2,1H3,(H,22,26)(H,23,28). The molecule has 0 aliphatic carbocycles. The largest absolute Gasteiger partial charge is 0.350 e. The van der Waals surface area contributed by atoms with Crippen LogP contribution in [0.2, 0.25) is 0 Å². The van der Waals surface area contributed by atoms with Gasteiger partial charge in [0.2, 0.25) is 21.8 Å². The Bertz CT molecular complexity index is 1080. The van der Waals surface area contributed by atoms with Gasteiger partial charge in [-0.3, -0.25) is 19.1 Å². The predicted molar refractivity (Wildman–Crippen MR) is 117 cm³/mol. The molecule has 164 valence electrons. The molecule has 3 rings (SSSR count). The second-order valence-electron chi connectivity index (χ2n) is 7.19. The number of carbonyl (C=O) groups is 3. The van der Waals surface area contributed by atoms with Crippen LogP contribution in [0.5, 0.6) is 0 Å². The zero-order chi connectivity index (χ0) is 22.4. The smallest absolute Gasteiger partial charge is 0.251 e. The maximum absolute atomic E-state index is 12.3. The molecule has 2 aromatic carbocycles. The van der Waals surface area contributed by atoms with Crippen molar-refractivity contribution in [3.63, 3.8) is 0 Å². The minimum absolute atomic E-state index is 0.0715. The van der Waals surface area contributed by atoms with Crippen LogP contribution in [-0.2, 0) is 26.2 Å². The highest BCUT2D eigenvalue weighted by Crippen LogP contribution is 2.21. The number of sulfonamides is 1. The van der Waals surface area contributed by atoms with E-state index in [1.165, 1.54) is 0 Å². The maximum atomic E-state index is 12.3. The van der Waals surface area contributed by atoms with E-state index in [-0.39, 0.29) is 19.0 Å². The van der Waals surface area contributed by atoms with Gasteiger partial charge in [0.05, 0.1) is 18.5 Å². The van der Waals surface area contributed by atoms with Crippen LogP contribution in [-0.4, -0.2) is 45.5 Å². The minimum atomic E-state index is -3.44. The molecule has 2 aromatic rings. The molecule has 31 heavy (non-hydrogen) atoms. The molecule has 0 aromatic heterocycles. The average Bonchev–Trinajstić information content (AvgIpc) is 3.16. The number of hydrogen-bond acceptors (Lipinski definition) is 5. The van der Waals surface area contributed by atoms with Crippen molar-refractivity contribution in [3.05, 3.63) is 59.7 Å². The Morgan fingerprint density at radius 2 is 1.74 bits per heavy atom. The van der Waals surface area contributed by atoms with Crippen molar-refractivity contribution in [2.75, 3.05) is 29.0 Å². The number of carbonyl (C=O) groups excluding carboxylic acids is 3. The lowest BCUT2D eigenvalue weighted by Gasteiger charge is -2.15. The van der Waals surface area contributed by atoms with Crippen LogP contribution in [0.1, 0.15) is 28.8 Å². The average molecular weight is 445 g/mol. The molecular weight excluding hydrogens is 420 g/mol. The topological polar surface area (TPSA) is 125 Å². The molecule has 1 heterocycles. The molecule has 1 saturated heterocycles. The van der Waals surface area contributed by atoms with E-state index in [4.69, 9.17) is 0 Å². The maximum Gasteiger partial charge on any atom is 0.251 e. The number of anilines is 2. The summed E-state index contributed by atoms with van der Waals surface area (Å²) >= 11 is 0. The van der Waals surface area contributed by atoms with Crippen LogP contribution in [0.15, 0.2) is 48.5 Å². The van der Waals surface area contributed by atoms with Crippen molar-refractivity contribution in [2.24, 2.45) is 0 Å². The Kier molecular flexibility index (Phi) is 6.91. The lowest BCUT2D eigenvalue weighted by atomic mass is 10.2. The molecule has 3 amide bonds. The zero-order valence-electron chi connectivity index (χ0n) is 17.1. The van der Waals surface area contributed by atoms with Crippen molar-refractivity contribution < 1.29 is 22.8 Å². The molecule has 3 N–H and O–H groups in total. The van der Waals surface area contributed by atoms with E-state index < -0.39 is 21.8 Å². The van der Waals surface area contributed by atoms with Crippen LogP contribution in [0, 0.1) is 0 Å². The summed E-state index contributed by atoms with van der Waals surface area (Å²) in [6, 6.07) is 13.4. The first-order chi connectivity index (χ1) is 14.7. The van der Waals surface area contributed by atoms with Gasteiger partial charge in [0.1, 0.15) is 0 Å². The molecule has 0 atom stereocenters. The number of benzene rings is 2. The van der Waals surface area contributed by atoms with Crippen molar-refractivity contribution >= 4 is 39.1 Å². The fourth-order valence-corrected chi connectivity index (χ4v) is 3.81. The number of nitrogens with one attached hydrogen (secondary N) is 3. The molecule has 0 radical (unpaired) electrons. The lowest BCUT2D eigenvalue weighted by Crippen LogP contribution is -2.36. The number of hydrogen-bond donors (Lipinski definition) is 3. The summed E-state index contributed by atoms with van der Waals surface area (Å²) in [5.74, 6) is -0.752. The quantitative estimate of drug-likeness (QED) is 0.565. The summed E-state index contributed by atoms with van der Waals surface area (Å²) in [6.45, 7) is 0.548. The van der Waals surface area contributed by atoms with Crippen molar-refractivity contribution in [1.82, 2.24) is 10.6 Å². The van der Waals surface area contributed by atoms with Crippen molar-refractivity contribution in [3.8, 4) is 0 Å². The van der Waals surface area contributed by atoms with E-state index in [2.05, 4.69) is 15.4 Å². The second kappa shape index (κ2) is 9.61. The SMILES string of the molecule is CS(=O)(=O)Nc1ccccc1CNC(=O)CNC(=O)c1ccc(N2CCCC2=O)cc1. The predicted octanol–water partition coefficient (Wildman–Crippen LogP) is 1.23. The molecule has 1 fully saturated rings. The molecule has 0 bridgehead atoms. The molecule has 1 aliphatic rings. The molecule has 10 heteroatoms. The van der Waals surface area contributed by atoms with E-state index in [9.17, 15) is 22.8 Å². The number of rotatable bonds is 8. The first-order valence-corrected chi connectivity index (χ1v) is 11.6. The summed E-state index contributed by atoms with van der Waals surface area (Å²) in [5, 5.41) is 5.19. The number of nitrogens with zero attached hydrogens (tertiary/aromatic N) is 1. The second-order valence-corrected chi connectivity index (χ2v) is 8.94. The summed E-state index contributed by atoms with van der Waals surface area (Å²) in [7, 11) is -3.44. The van der Waals surface area contributed by atoms with Gasteiger partial charge in [0, 0.05) is 30.8 Å². The first-order valence-electron chi connectivity index (χ1n) is 9.74. The van der Waals surface area contributed by atoms with E-state index in [0.717, 1.165) is 18.4 Å².